The second-order valence-corrected chi connectivity index (χ2v) is 6.46. The van der Waals surface area contributed by atoms with Crippen LogP contribution in [0.4, 0.5) is 5.82 Å². The van der Waals surface area contributed by atoms with Gasteiger partial charge in [-0.2, -0.15) is 0 Å². The zero-order valence-electron chi connectivity index (χ0n) is 13.8. The Hall–Kier alpha value is -1.66. The van der Waals surface area contributed by atoms with Gasteiger partial charge in [-0.1, -0.05) is 0 Å². The molecule has 0 aliphatic carbocycles. The maximum Gasteiger partial charge on any atom is 0.257 e. The fourth-order valence-corrected chi connectivity index (χ4v) is 3.39. The standard InChI is InChI=1S/C17H26N4O2/c1-13(18)14-4-7-21(8-5-14)17(22)15-3-2-6-19-16(15)20-9-11-23-12-10-20/h2-3,6,13-14H,4-5,7-12,18H2,1H3. The van der Waals surface area contributed by atoms with Crippen molar-refractivity contribution in [1.82, 2.24) is 9.88 Å². The first-order valence-corrected chi connectivity index (χ1v) is 8.49. The summed E-state index contributed by atoms with van der Waals surface area (Å²) < 4.78 is 5.40. The molecule has 2 aliphatic heterocycles. The number of morpholine rings is 1. The number of amides is 1. The van der Waals surface area contributed by atoms with Gasteiger partial charge >= 0.3 is 0 Å². The molecule has 3 rings (SSSR count). The topological polar surface area (TPSA) is 71.7 Å². The SMILES string of the molecule is CC(N)C1CCN(C(=O)c2cccnc2N2CCOCC2)CC1. The van der Waals surface area contributed by atoms with E-state index < -0.39 is 0 Å². The Morgan fingerprint density at radius 3 is 2.65 bits per heavy atom. The number of pyridine rings is 1. The van der Waals surface area contributed by atoms with E-state index in [1.54, 1.807) is 6.20 Å². The van der Waals surface area contributed by atoms with Gasteiger partial charge < -0.3 is 20.3 Å². The number of hydrogen-bond acceptors (Lipinski definition) is 5. The molecule has 0 bridgehead atoms. The first kappa shape index (κ1) is 16.2. The minimum Gasteiger partial charge on any atom is -0.378 e. The van der Waals surface area contributed by atoms with E-state index in [0.717, 1.165) is 44.8 Å². The fourth-order valence-electron chi connectivity index (χ4n) is 3.39. The van der Waals surface area contributed by atoms with Crippen molar-refractivity contribution in [3.8, 4) is 0 Å². The molecule has 0 radical (unpaired) electrons. The molecule has 0 spiro atoms. The lowest BCUT2D eigenvalue weighted by Gasteiger charge is -2.35. The van der Waals surface area contributed by atoms with Crippen molar-refractivity contribution >= 4 is 11.7 Å². The summed E-state index contributed by atoms with van der Waals surface area (Å²) in [6.07, 6.45) is 3.72. The highest BCUT2D eigenvalue weighted by Crippen LogP contribution is 2.24. The van der Waals surface area contributed by atoms with Gasteiger partial charge in [0.25, 0.3) is 5.91 Å². The first-order valence-electron chi connectivity index (χ1n) is 8.49. The highest BCUT2D eigenvalue weighted by Gasteiger charge is 2.28. The smallest absolute Gasteiger partial charge is 0.257 e. The number of ether oxygens (including phenoxy) is 1. The Balaban J connectivity index is 1.72. The molecule has 2 saturated heterocycles. The Bertz CT molecular complexity index is 535. The van der Waals surface area contributed by atoms with Crippen LogP contribution in [-0.4, -0.2) is 61.2 Å². The van der Waals surface area contributed by atoms with Crippen LogP contribution in [0.5, 0.6) is 0 Å². The van der Waals surface area contributed by atoms with Crippen LogP contribution < -0.4 is 10.6 Å². The van der Waals surface area contributed by atoms with Crippen molar-refractivity contribution in [3.63, 3.8) is 0 Å². The summed E-state index contributed by atoms with van der Waals surface area (Å²) in [6.45, 7) is 6.55. The molecule has 1 amide bonds. The summed E-state index contributed by atoms with van der Waals surface area (Å²) in [7, 11) is 0. The average Bonchev–Trinajstić information content (AvgIpc) is 2.62. The number of carbonyl (C=O) groups excluding carboxylic acids is 1. The summed E-state index contributed by atoms with van der Waals surface area (Å²) >= 11 is 0. The van der Waals surface area contributed by atoms with E-state index in [4.69, 9.17) is 10.5 Å². The molecule has 2 fully saturated rings. The molecule has 126 valence electrons. The van der Waals surface area contributed by atoms with E-state index in [1.807, 2.05) is 17.0 Å². The predicted octanol–water partition coefficient (Wildman–Crippen LogP) is 1.12. The number of likely N-dealkylation sites (tertiary alicyclic amines) is 1. The summed E-state index contributed by atoms with van der Waals surface area (Å²) in [5.74, 6) is 1.39. The van der Waals surface area contributed by atoms with Crippen molar-refractivity contribution in [2.45, 2.75) is 25.8 Å². The molecule has 2 aliphatic rings. The maximum atomic E-state index is 12.9. The largest absolute Gasteiger partial charge is 0.378 e. The van der Waals surface area contributed by atoms with Crippen LogP contribution in [0.1, 0.15) is 30.1 Å². The summed E-state index contributed by atoms with van der Waals surface area (Å²) in [5.41, 5.74) is 6.69. The van der Waals surface area contributed by atoms with Gasteiger partial charge in [-0.25, -0.2) is 4.98 Å². The Kier molecular flexibility index (Phi) is 5.13. The van der Waals surface area contributed by atoms with E-state index in [2.05, 4.69) is 16.8 Å². The Labute approximate surface area is 137 Å². The number of nitrogens with zero attached hydrogens (tertiary/aromatic N) is 3. The molecule has 2 N–H and O–H groups in total. The second-order valence-electron chi connectivity index (χ2n) is 6.46. The minimum absolute atomic E-state index is 0.0858. The number of anilines is 1. The lowest BCUT2D eigenvalue weighted by molar-refractivity contribution is 0.0680. The molecule has 6 heteroatoms. The van der Waals surface area contributed by atoms with Crippen LogP contribution in [0.15, 0.2) is 18.3 Å². The van der Waals surface area contributed by atoms with Crippen LogP contribution in [0.25, 0.3) is 0 Å². The molecule has 1 unspecified atom stereocenters. The molecule has 1 atom stereocenters. The van der Waals surface area contributed by atoms with E-state index >= 15 is 0 Å². The summed E-state index contributed by atoms with van der Waals surface area (Å²) in [6, 6.07) is 3.93. The molecular weight excluding hydrogens is 292 g/mol. The van der Waals surface area contributed by atoms with Gasteiger partial charge in [-0.3, -0.25) is 4.79 Å². The third kappa shape index (κ3) is 3.64. The van der Waals surface area contributed by atoms with Gasteiger partial charge in [0.05, 0.1) is 18.8 Å². The van der Waals surface area contributed by atoms with Gasteiger partial charge in [-0.05, 0) is 37.8 Å². The van der Waals surface area contributed by atoms with Crippen LogP contribution in [0, 0.1) is 5.92 Å². The van der Waals surface area contributed by atoms with Crippen molar-refractivity contribution in [2.75, 3.05) is 44.3 Å². The van der Waals surface area contributed by atoms with Crippen LogP contribution in [0.3, 0.4) is 0 Å². The second kappa shape index (κ2) is 7.27. The Morgan fingerprint density at radius 2 is 2.00 bits per heavy atom. The zero-order chi connectivity index (χ0) is 16.2. The lowest BCUT2D eigenvalue weighted by atomic mass is 9.90. The van der Waals surface area contributed by atoms with Crippen LogP contribution in [0.2, 0.25) is 0 Å². The third-order valence-corrected chi connectivity index (χ3v) is 4.90. The number of rotatable bonds is 3. The zero-order valence-corrected chi connectivity index (χ0v) is 13.8. The number of hydrogen-bond donors (Lipinski definition) is 1. The normalized spacial score (nSPS) is 21.3. The van der Waals surface area contributed by atoms with Gasteiger partial charge in [0.15, 0.2) is 0 Å². The quantitative estimate of drug-likeness (QED) is 0.904. The maximum absolute atomic E-state index is 12.9. The predicted molar refractivity (Wildman–Crippen MR) is 89.5 cm³/mol. The summed E-state index contributed by atoms with van der Waals surface area (Å²) in [4.78, 5) is 21.5. The lowest BCUT2D eigenvalue weighted by Crippen LogP contribution is -2.43. The van der Waals surface area contributed by atoms with Gasteiger partial charge in [-0.15, -0.1) is 0 Å². The molecule has 1 aromatic heterocycles. The molecule has 6 nitrogen and oxygen atoms in total. The monoisotopic (exact) mass is 318 g/mol. The highest BCUT2D eigenvalue weighted by molar-refractivity contribution is 5.99. The molecule has 1 aromatic rings. The number of carbonyl (C=O) groups is 1. The minimum atomic E-state index is 0.0858. The van der Waals surface area contributed by atoms with Crippen molar-refractivity contribution < 1.29 is 9.53 Å². The molecule has 23 heavy (non-hydrogen) atoms. The van der Waals surface area contributed by atoms with Crippen molar-refractivity contribution in [2.24, 2.45) is 11.7 Å². The number of nitrogens with two attached hydrogens (primary N) is 1. The summed E-state index contributed by atoms with van der Waals surface area (Å²) in [5, 5.41) is 0. The van der Waals surface area contributed by atoms with Gasteiger partial charge in [0, 0.05) is 38.4 Å². The van der Waals surface area contributed by atoms with Gasteiger partial charge in [0.2, 0.25) is 0 Å². The van der Waals surface area contributed by atoms with E-state index in [1.165, 1.54) is 0 Å². The van der Waals surface area contributed by atoms with E-state index in [-0.39, 0.29) is 11.9 Å². The average molecular weight is 318 g/mol. The number of piperidine rings is 1. The Morgan fingerprint density at radius 1 is 1.30 bits per heavy atom. The highest BCUT2D eigenvalue weighted by atomic mass is 16.5. The van der Waals surface area contributed by atoms with E-state index in [9.17, 15) is 4.79 Å². The van der Waals surface area contributed by atoms with Crippen molar-refractivity contribution in [1.29, 1.82) is 0 Å². The van der Waals surface area contributed by atoms with Gasteiger partial charge in [0.1, 0.15) is 5.82 Å². The third-order valence-electron chi connectivity index (χ3n) is 4.90. The fraction of sp³-hybridized carbons (Fsp3) is 0.647. The molecule has 3 heterocycles. The van der Waals surface area contributed by atoms with Crippen LogP contribution in [-0.2, 0) is 4.74 Å². The first-order chi connectivity index (χ1) is 11.2. The van der Waals surface area contributed by atoms with Crippen molar-refractivity contribution in [3.05, 3.63) is 23.9 Å². The van der Waals surface area contributed by atoms with Crippen LogP contribution >= 0.6 is 0 Å². The number of aromatic nitrogens is 1. The molecular formula is C17H26N4O2. The molecule has 0 saturated carbocycles. The van der Waals surface area contributed by atoms with E-state index in [0.29, 0.717) is 24.7 Å². The molecule has 0 aromatic carbocycles.